The minimum atomic E-state index is 0.143. The molecule has 1 saturated heterocycles. The number of unbranched alkanes of at least 4 members (excludes halogenated alkanes) is 1. The van der Waals surface area contributed by atoms with Gasteiger partial charge in [0.15, 0.2) is 0 Å². The molecule has 0 aromatic carbocycles. The maximum Gasteiger partial charge on any atom is 0.246 e. The highest BCUT2D eigenvalue weighted by Crippen LogP contribution is 2.07. The van der Waals surface area contributed by atoms with Crippen molar-refractivity contribution in [3.8, 4) is 0 Å². The molecule has 0 radical (unpaired) electrons. The molecule has 1 rings (SSSR count). The summed E-state index contributed by atoms with van der Waals surface area (Å²) in [6.45, 7) is 3.57. The van der Waals surface area contributed by atoms with Crippen molar-refractivity contribution in [2.45, 2.75) is 32.6 Å². The largest absolute Gasteiger partial charge is 0.273 e. The van der Waals surface area contributed by atoms with Gasteiger partial charge in [0.05, 0.1) is 13.2 Å². The zero-order valence-electron chi connectivity index (χ0n) is 7.01. The summed E-state index contributed by atoms with van der Waals surface area (Å²) in [5, 5.41) is 1.50. The number of rotatable bonds is 3. The molecule has 0 atom stereocenters. The molecular weight excluding hydrogens is 142 g/mol. The number of hydrogen-bond acceptors (Lipinski definition) is 2. The molecule has 0 aromatic rings. The monoisotopic (exact) mass is 157 g/mol. The Morgan fingerprint density at radius 3 is 3.00 bits per heavy atom. The van der Waals surface area contributed by atoms with Gasteiger partial charge in [-0.3, -0.25) is 9.63 Å². The van der Waals surface area contributed by atoms with E-state index in [0.29, 0.717) is 13.0 Å². The number of carbonyl (C=O) groups is 1. The maximum absolute atomic E-state index is 11.2. The molecule has 1 aliphatic heterocycles. The Balaban J connectivity index is 2.17. The van der Waals surface area contributed by atoms with E-state index in [4.69, 9.17) is 4.84 Å². The topological polar surface area (TPSA) is 29.5 Å². The van der Waals surface area contributed by atoms with Crippen molar-refractivity contribution >= 4 is 5.91 Å². The molecule has 0 bridgehead atoms. The minimum absolute atomic E-state index is 0.143. The van der Waals surface area contributed by atoms with Crippen LogP contribution in [0.1, 0.15) is 32.6 Å². The fraction of sp³-hybridized carbons (Fsp3) is 0.875. The second-order valence-electron chi connectivity index (χ2n) is 2.79. The normalized spacial score (nSPS) is 17.4. The van der Waals surface area contributed by atoms with Gasteiger partial charge in [0.1, 0.15) is 0 Å². The van der Waals surface area contributed by atoms with Crippen molar-refractivity contribution in [2.75, 3.05) is 13.2 Å². The Morgan fingerprint density at radius 1 is 1.64 bits per heavy atom. The van der Waals surface area contributed by atoms with E-state index in [1.165, 1.54) is 5.06 Å². The Hall–Kier alpha value is -0.570. The van der Waals surface area contributed by atoms with E-state index in [9.17, 15) is 4.79 Å². The molecule has 64 valence electrons. The number of carbonyl (C=O) groups excluding carboxylic acids is 1. The van der Waals surface area contributed by atoms with Gasteiger partial charge in [-0.1, -0.05) is 13.3 Å². The number of hydrogen-bond donors (Lipinski definition) is 0. The number of amides is 1. The third-order valence-electron chi connectivity index (χ3n) is 1.78. The number of nitrogens with zero attached hydrogens (tertiary/aromatic N) is 1. The van der Waals surface area contributed by atoms with Gasteiger partial charge in [0, 0.05) is 6.42 Å². The van der Waals surface area contributed by atoms with Gasteiger partial charge >= 0.3 is 0 Å². The predicted molar refractivity (Wildman–Crippen MR) is 41.8 cm³/mol. The first-order valence-electron chi connectivity index (χ1n) is 4.28. The molecule has 0 aromatic heterocycles. The lowest BCUT2D eigenvalue weighted by Crippen LogP contribution is -2.25. The van der Waals surface area contributed by atoms with Crippen LogP contribution in [-0.4, -0.2) is 24.1 Å². The highest BCUT2D eigenvalue weighted by molar-refractivity contribution is 5.75. The molecule has 1 heterocycles. The van der Waals surface area contributed by atoms with E-state index in [1.807, 2.05) is 0 Å². The van der Waals surface area contributed by atoms with Gasteiger partial charge < -0.3 is 0 Å². The summed E-state index contributed by atoms with van der Waals surface area (Å²) in [6, 6.07) is 0. The van der Waals surface area contributed by atoms with Crippen molar-refractivity contribution in [1.82, 2.24) is 5.06 Å². The summed E-state index contributed by atoms with van der Waals surface area (Å²) in [5.74, 6) is 0.143. The van der Waals surface area contributed by atoms with Crippen LogP contribution in [0, 0.1) is 0 Å². The smallest absolute Gasteiger partial charge is 0.246 e. The van der Waals surface area contributed by atoms with Crippen LogP contribution in [-0.2, 0) is 9.63 Å². The van der Waals surface area contributed by atoms with Gasteiger partial charge in [-0.25, -0.2) is 5.06 Å². The van der Waals surface area contributed by atoms with E-state index < -0.39 is 0 Å². The minimum Gasteiger partial charge on any atom is -0.273 e. The molecule has 1 aliphatic rings. The SMILES string of the molecule is CCCCC(=O)N1CCCO1. The van der Waals surface area contributed by atoms with Crippen LogP contribution in [0.2, 0.25) is 0 Å². The van der Waals surface area contributed by atoms with Crippen molar-refractivity contribution < 1.29 is 9.63 Å². The molecule has 3 heteroatoms. The summed E-state index contributed by atoms with van der Waals surface area (Å²) in [6.07, 6.45) is 3.66. The number of hydroxylamine groups is 2. The van der Waals surface area contributed by atoms with Crippen LogP contribution >= 0.6 is 0 Å². The highest BCUT2D eigenvalue weighted by Gasteiger charge is 2.17. The average Bonchev–Trinajstić information content (AvgIpc) is 2.52. The molecule has 1 amide bonds. The second-order valence-corrected chi connectivity index (χ2v) is 2.79. The van der Waals surface area contributed by atoms with E-state index in [1.54, 1.807) is 0 Å². The van der Waals surface area contributed by atoms with Crippen LogP contribution in [0.15, 0.2) is 0 Å². The molecule has 0 unspecified atom stereocenters. The van der Waals surface area contributed by atoms with Crippen LogP contribution < -0.4 is 0 Å². The molecule has 0 saturated carbocycles. The zero-order chi connectivity index (χ0) is 8.10. The lowest BCUT2D eigenvalue weighted by molar-refractivity contribution is -0.168. The Morgan fingerprint density at radius 2 is 2.45 bits per heavy atom. The lowest BCUT2D eigenvalue weighted by Gasteiger charge is -2.12. The molecule has 11 heavy (non-hydrogen) atoms. The molecule has 0 spiro atoms. The predicted octanol–water partition coefficient (Wildman–Crippen LogP) is 1.34. The van der Waals surface area contributed by atoms with Crippen molar-refractivity contribution in [3.63, 3.8) is 0 Å². The molecule has 0 N–H and O–H groups in total. The first-order valence-corrected chi connectivity index (χ1v) is 4.28. The third-order valence-corrected chi connectivity index (χ3v) is 1.78. The zero-order valence-corrected chi connectivity index (χ0v) is 7.01. The van der Waals surface area contributed by atoms with E-state index in [-0.39, 0.29) is 5.91 Å². The van der Waals surface area contributed by atoms with Crippen LogP contribution in [0.25, 0.3) is 0 Å². The fourth-order valence-corrected chi connectivity index (χ4v) is 1.10. The molecule has 1 fully saturated rings. The molecular formula is C8H15NO2. The quantitative estimate of drug-likeness (QED) is 0.618. The summed E-state index contributed by atoms with van der Waals surface area (Å²) in [5.41, 5.74) is 0. The lowest BCUT2D eigenvalue weighted by atomic mass is 10.2. The first kappa shape index (κ1) is 8.53. The van der Waals surface area contributed by atoms with Crippen LogP contribution in [0.5, 0.6) is 0 Å². The van der Waals surface area contributed by atoms with E-state index >= 15 is 0 Å². The first-order chi connectivity index (χ1) is 5.34. The summed E-state index contributed by atoms with van der Waals surface area (Å²) < 4.78 is 0. The van der Waals surface area contributed by atoms with Gasteiger partial charge in [-0.15, -0.1) is 0 Å². The van der Waals surface area contributed by atoms with Crippen molar-refractivity contribution in [2.24, 2.45) is 0 Å². The molecule has 3 nitrogen and oxygen atoms in total. The summed E-state index contributed by atoms with van der Waals surface area (Å²) >= 11 is 0. The Kier molecular flexibility index (Phi) is 3.36. The standard InChI is InChI=1S/C8H15NO2/c1-2-3-5-8(10)9-6-4-7-11-9/h2-7H2,1H3. The highest BCUT2D eigenvalue weighted by atomic mass is 16.7. The van der Waals surface area contributed by atoms with Crippen LogP contribution in [0.3, 0.4) is 0 Å². The third kappa shape index (κ3) is 2.50. The summed E-state index contributed by atoms with van der Waals surface area (Å²) in [7, 11) is 0. The van der Waals surface area contributed by atoms with Gasteiger partial charge in [0.2, 0.25) is 5.91 Å². The Bertz CT molecular complexity index is 130. The van der Waals surface area contributed by atoms with Gasteiger partial charge in [-0.05, 0) is 12.8 Å². The van der Waals surface area contributed by atoms with E-state index in [2.05, 4.69) is 6.92 Å². The average molecular weight is 157 g/mol. The van der Waals surface area contributed by atoms with Gasteiger partial charge in [0.25, 0.3) is 0 Å². The Labute approximate surface area is 67.3 Å². The van der Waals surface area contributed by atoms with Gasteiger partial charge in [-0.2, -0.15) is 0 Å². The summed E-state index contributed by atoms with van der Waals surface area (Å²) in [4.78, 5) is 16.3. The fourth-order valence-electron chi connectivity index (χ4n) is 1.10. The van der Waals surface area contributed by atoms with E-state index in [0.717, 1.165) is 25.8 Å². The second kappa shape index (κ2) is 4.34. The molecule has 0 aliphatic carbocycles. The van der Waals surface area contributed by atoms with Crippen LogP contribution in [0.4, 0.5) is 0 Å². The maximum atomic E-state index is 11.2. The van der Waals surface area contributed by atoms with Crippen molar-refractivity contribution in [1.29, 1.82) is 0 Å². The van der Waals surface area contributed by atoms with Crippen molar-refractivity contribution in [3.05, 3.63) is 0 Å².